The number of pyridine rings is 2. The number of hydrogen-bond acceptors (Lipinski definition) is 3. The second-order valence-corrected chi connectivity index (χ2v) is 5.61. The highest BCUT2D eigenvalue weighted by atomic mass is 16.3. The Morgan fingerprint density at radius 3 is 1.40 bits per heavy atom. The highest BCUT2D eigenvalue weighted by Gasteiger charge is 2.12. The fraction of sp³-hybridized carbons (Fsp3) is 0.111. The molecule has 7 heteroatoms. The van der Waals surface area contributed by atoms with E-state index < -0.39 is 11.8 Å². The van der Waals surface area contributed by atoms with E-state index in [1.807, 2.05) is 21.3 Å². The quantitative estimate of drug-likeness (QED) is 0.625. The Bertz CT molecular complexity index is 825. The summed E-state index contributed by atoms with van der Waals surface area (Å²) in [6.07, 6.45) is 7.11. The second kappa shape index (κ2) is 6.96. The summed E-state index contributed by atoms with van der Waals surface area (Å²) in [4.78, 5) is 22.1. The van der Waals surface area contributed by atoms with E-state index in [-0.39, 0.29) is 0 Å². The van der Waals surface area contributed by atoms with Crippen LogP contribution >= 0.6 is 0 Å². The van der Waals surface area contributed by atoms with Crippen LogP contribution in [0, 0.1) is 0 Å². The van der Waals surface area contributed by atoms with E-state index in [0.29, 0.717) is 24.2 Å². The largest absolute Gasteiger partial charge is 0.453 e. The summed E-state index contributed by atoms with van der Waals surface area (Å²) in [6.45, 7) is 1.09. The number of nitrogens with zero attached hydrogens (tertiary/aromatic N) is 2. The summed E-state index contributed by atoms with van der Waals surface area (Å²) >= 11 is 0. The van der Waals surface area contributed by atoms with Crippen molar-refractivity contribution in [3.8, 4) is 0 Å². The van der Waals surface area contributed by atoms with E-state index in [4.69, 9.17) is 15.9 Å². The normalized spacial score (nSPS) is 10.6. The number of furan rings is 1. The Hall–Kier alpha value is -3.48. The number of carbonyl (C=O) groups is 2. The molecule has 0 aromatic carbocycles. The number of aromatic nitrogens is 2. The first-order valence-electron chi connectivity index (χ1n) is 7.66. The summed E-state index contributed by atoms with van der Waals surface area (Å²) in [7, 11) is 0. The monoisotopic (exact) mass is 338 g/mol. The number of carbonyl (C=O) groups excluding carboxylic acids is 2. The van der Waals surface area contributed by atoms with Crippen LogP contribution in [0.3, 0.4) is 0 Å². The van der Waals surface area contributed by atoms with E-state index >= 15 is 0 Å². The molecule has 0 aliphatic heterocycles. The maximum atomic E-state index is 11.1. The fourth-order valence-corrected chi connectivity index (χ4v) is 2.41. The Morgan fingerprint density at radius 2 is 1.08 bits per heavy atom. The highest BCUT2D eigenvalue weighted by Crippen LogP contribution is 2.07. The predicted octanol–water partition coefficient (Wildman–Crippen LogP) is 0.149. The van der Waals surface area contributed by atoms with E-state index in [1.165, 1.54) is 0 Å². The van der Waals surface area contributed by atoms with Gasteiger partial charge in [-0.2, -0.15) is 9.13 Å². The maximum absolute atomic E-state index is 11.1. The van der Waals surface area contributed by atoms with E-state index in [1.54, 1.807) is 49.1 Å². The van der Waals surface area contributed by atoms with Crippen molar-refractivity contribution in [1.29, 1.82) is 0 Å². The molecule has 3 heterocycles. The van der Waals surface area contributed by atoms with Crippen molar-refractivity contribution in [2.45, 2.75) is 13.1 Å². The van der Waals surface area contributed by atoms with Gasteiger partial charge in [0, 0.05) is 24.3 Å². The Morgan fingerprint density at radius 1 is 0.720 bits per heavy atom. The summed E-state index contributed by atoms with van der Waals surface area (Å²) < 4.78 is 9.61. The molecular weight excluding hydrogens is 320 g/mol. The minimum Gasteiger partial charge on any atom is -0.453 e. The highest BCUT2D eigenvalue weighted by molar-refractivity contribution is 5.92. The standard InChI is InChI=1S/C18H16N4O3/c19-17(23)13-3-7-21(8-4-13)11-15-1-2-16(25-15)12-22-9-5-14(6-10-22)18(20)24/h1-10H,11-12H2,(H2-2,19,20,23,24)/p+2. The summed E-state index contributed by atoms with van der Waals surface area (Å²) in [5, 5.41) is 0. The summed E-state index contributed by atoms with van der Waals surface area (Å²) in [6, 6.07) is 10.5. The molecule has 0 atom stereocenters. The molecule has 4 N–H and O–H groups in total. The molecule has 0 aliphatic carbocycles. The van der Waals surface area contributed by atoms with Crippen molar-refractivity contribution in [2.75, 3.05) is 0 Å². The van der Waals surface area contributed by atoms with Crippen LogP contribution in [0.2, 0.25) is 0 Å². The Kier molecular flexibility index (Phi) is 4.56. The van der Waals surface area contributed by atoms with Gasteiger partial charge >= 0.3 is 0 Å². The third kappa shape index (κ3) is 4.08. The van der Waals surface area contributed by atoms with Gasteiger partial charge in [0.05, 0.1) is 11.1 Å². The number of nitrogens with two attached hydrogens (primary N) is 2. The first-order valence-corrected chi connectivity index (χ1v) is 7.66. The molecular formula is C18H18N4O3+2. The van der Waals surface area contributed by atoms with Gasteiger partial charge in [-0.15, -0.1) is 0 Å². The molecule has 126 valence electrons. The molecule has 0 unspecified atom stereocenters. The third-order valence-electron chi connectivity index (χ3n) is 3.75. The van der Waals surface area contributed by atoms with Gasteiger partial charge in [-0.1, -0.05) is 0 Å². The minimum atomic E-state index is -0.452. The fourth-order valence-electron chi connectivity index (χ4n) is 2.41. The maximum Gasteiger partial charge on any atom is 0.249 e. The van der Waals surface area contributed by atoms with E-state index in [2.05, 4.69) is 0 Å². The van der Waals surface area contributed by atoms with Crippen LogP contribution in [0.5, 0.6) is 0 Å². The smallest absolute Gasteiger partial charge is 0.249 e. The molecule has 2 amide bonds. The number of hydrogen-bond donors (Lipinski definition) is 2. The molecule has 0 saturated heterocycles. The average molecular weight is 338 g/mol. The molecule has 0 fully saturated rings. The van der Waals surface area contributed by atoms with Crippen molar-refractivity contribution in [3.63, 3.8) is 0 Å². The van der Waals surface area contributed by atoms with Crippen molar-refractivity contribution in [2.24, 2.45) is 11.5 Å². The molecule has 0 aliphatic rings. The lowest BCUT2D eigenvalue weighted by atomic mass is 10.2. The lowest BCUT2D eigenvalue weighted by Crippen LogP contribution is -2.34. The first kappa shape index (κ1) is 16.4. The van der Waals surface area contributed by atoms with Gasteiger partial charge in [0.1, 0.15) is 0 Å². The lowest BCUT2D eigenvalue weighted by Gasteiger charge is -1.97. The molecule has 3 aromatic rings. The molecule has 7 nitrogen and oxygen atoms in total. The van der Waals surface area contributed by atoms with Crippen LogP contribution in [-0.4, -0.2) is 11.8 Å². The SMILES string of the molecule is NC(=O)c1cc[n+](Cc2ccc(C[n+]3ccc(C(N)=O)cc3)o2)cc1. The van der Waals surface area contributed by atoms with Crippen LogP contribution in [0.15, 0.2) is 65.6 Å². The van der Waals surface area contributed by atoms with Gasteiger partial charge < -0.3 is 15.9 Å². The van der Waals surface area contributed by atoms with Crippen molar-refractivity contribution >= 4 is 11.8 Å². The summed E-state index contributed by atoms with van der Waals surface area (Å²) in [5.41, 5.74) is 11.4. The van der Waals surface area contributed by atoms with Crippen molar-refractivity contribution in [3.05, 3.63) is 83.8 Å². The van der Waals surface area contributed by atoms with E-state index in [0.717, 1.165) is 11.5 Å². The van der Waals surface area contributed by atoms with Gasteiger partial charge in [0.15, 0.2) is 36.3 Å². The Balaban J connectivity index is 1.65. The predicted molar refractivity (Wildman–Crippen MR) is 87.2 cm³/mol. The number of rotatable bonds is 6. The molecule has 0 saturated carbocycles. The molecule has 3 rings (SSSR count). The topological polar surface area (TPSA) is 107 Å². The molecule has 0 bridgehead atoms. The van der Waals surface area contributed by atoms with Crippen molar-refractivity contribution < 1.29 is 23.1 Å². The van der Waals surface area contributed by atoms with Gasteiger partial charge in [-0.25, -0.2) is 0 Å². The third-order valence-corrected chi connectivity index (χ3v) is 3.75. The van der Waals surface area contributed by atoms with Gasteiger partial charge in [0.2, 0.25) is 24.9 Å². The van der Waals surface area contributed by atoms with Crippen LogP contribution in [0.1, 0.15) is 32.2 Å². The van der Waals surface area contributed by atoms with Crippen LogP contribution in [0.4, 0.5) is 0 Å². The zero-order valence-electron chi connectivity index (χ0n) is 13.5. The van der Waals surface area contributed by atoms with Gasteiger partial charge in [-0.3, -0.25) is 9.59 Å². The summed E-state index contributed by atoms with van der Waals surface area (Å²) in [5.74, 6) is 0.681. The lowest BCUT2D eigenvalue weighted by molar-refractivity contribution is -0.692. The minimum absolute atomic E-state index is 0.452. The molecule has 0 radical (unpaired) electrons. The molecule has 3 aromatic heterocycles. The van der Waals surface area contributed by atoms with Gasteiger partial charge in [-0.05, 0) is 12.1 Å². The van der Waals surface area contributed by atoms with Crippen LogP contribution in [0.25, 0.3) is 0 Å². The molecule has 25 heavy (non-hydrogen) atoms. The average Bonchev–Trinajstić information content (AvgIpc) is 3.02. The van der Waals surface area contributed by atoms with Crippen LogP contribution in [-0.2, 0) is 13.1 Å². The van der Waals surface area contributed by atoms with E-state index in [9.17, 15) is 9.59 Å². The second-order valence-electron chi connectivity index (χ2n) is 5.61. The van der Waals surface area contributed by atoms with Crippen LogP contribution < -0.4 is 20.6 Å². The van der Waals surface area contributed by atoms with Crippen molar-refractivity contribution in [1.82, 2.24) is 0 Å². The number of amides is 2. The first-order chi connectivity index (χ1) is 12.0. The zero-order valence-corrected chi connectivity index (χ0v) is 13.5. The van der Waals surface area contributed by atoms with Gasteiger partial charge in [0.25, 0.3) is 0 Å². The zero-order chi connectivity index (χ0) is 17.8. The number of primary amides is 2. The Labute approximate surface area is 144 Å². The molecule has 0 spiro atoms.